The number of benzene rings is 1. The Kier molecular flexibility index (Phi) is 3.87. The van der Waals surface area contributed by atoms with Crippen molar-refractivity contribution in [3.8, 4) is 11.1 Å². The van der Waals surface area contributed by atoms with E-state index in [4.69, 9.17) is 0 Å². The molecule has 8 nitrogen and oxygen atoms in total. The van der Waals surface area contributed by atoms with Gasteiger partial charge in [-0.15, -0.1) is 0 Å². The number of carbonyl (C=O) groups is 2. The van der Waals surface area contributed by atoms with E-state index in [0.717, 1.165) is 41.3 Å². The molecule has 142 valence electrons. The first kappa shape index (κ1) is 16.9. The Labute approximate surface area is 161 Å². The Bertz CT molecular complexity index is 1090. The van der Waals surface area contributed by atoms with E-state index in [1.807, 2.05) is 43.7 Å². The van der Waals surface area contributed by atoms with Crippen LogP contribution in [0.5, 0.6) is 0 Å². The van der Waals surface area contributed by atoms with Gasteiger partial charge in [-0.05, 0) is 35.9 Å². The van der Waals surface area contributed by atoms with Gasteiger partial charge in [0.15, 0.2) is 0 Å². The van der Waals surface area contributed by atoms with Gasteiger partial charge >= 0.3 is 6.03 Å². The molecule has 2 fully saturated rings. The first-order valence-electron chi connectivity index (χ1n) is 9.34. The van der Waals surface area contributed by atoms with Crippen LogP contribution in [0.3, 0.4) is 0 Å². The van der Waals surface area contributed by atoms with E-state index in [2.05, 4.69) is 20.3 Å². The van der Waals surface area contributed by atoms with Gasteiger partial charge in [0.25, 0.3) is 0 Å². The molecule has 2 aliphatic rings. The number of aryl methyl sites for hydroxylation is 1. The molecule has 2 aromatic heterocycles. The fourth-order valence-electron chi connectivity index (χ4n) is 4.01. The minimum absolute atomic E-state index is 0.116. The zero-order valence-corrected chi connectivity index (χ0v) is 15.5. The number of imide groups is 1. The van der Waals surface area contributed by atoms with Crippen LogP contribution in [0.25, 0.3) is 21.9 Å². The van der Waals surface area contributed by atoms with Crippen LogP contribution in [0.15, 0.2) is 42.9 Å². The predicted molar refractivity (Wildman–Crippen MR) is 104 cm³/mol. The van der Waals surface area contributed by atoms with E-state index in [0.29, 0.717) is 12.5 Å². The molecular weight excluding hydrogens is 356 g/mol. The number of fused-ring (bicyclic) bond motifs is 2. The van der Waals surface area contributed by atoms with Crippen LogP contribution in [-0.2, 0) is 11.8 Å². The zero-order chi connectivity index (χ0) is 19.3. The number of nitrogens with one attached hydrogen (secondary N) is 1. The second-order valence-corrected chi connectivity index (χ2v) is 7.34. The van der Waals surface area contributed by atoms with Gasteiger partial charge in [0.05, 0.1) is 18.9 Å². The minimum Gasteiger partial charge on any atom is -0.292 e. The van der Waals surface area contributed by atoms with Crippen LogP contribution in [0.1, 0.15) is 12.8 Å². The number of anilines is 1. The summed E-state index contributed by atoms with van der Waals surface area (Å²) >= 11 is 0. The average molecular weight is 376 g/mol. The lowest BCUT2D eigenvalue weighted by Gasteiger charge is -2.16. The molecule has 1 atom stereocenters. The average Bonchev–Trinajstić information content (AvgIpc) is 3.39. The summed E-state index contributed by atoms with van der Waals surface area (Å²) in [5.74, 6) is 0.315. The number of urea groups is 1. The Hall–Kier alpha value is -3.26. The van der Waals surface area contributed by atoms with Crippen LogP contribution in [0, 0.1) is 0 Å². The van der Waals surface area contributed by atoms with E-state index in [9.17, 15) is 9.59 Å². The second kappa shape index (κ2) is 6.42. The monoisotopic (exact) mass is 376 g/mol. The molecule has 2 saturated heterocycles. The Morgan fingerprint density at radius 2 is 2.07 bits per heavy atom. The van der Waals surface area contributed by atoms with E-state index >= 15 is 0 Å². The second-order valence-electron chi connectivity index (χ2n) is 7.34. The molecule has 0 spiro atoms. The summed E-state index contributed by atoms with van der Waals surface area (Å²) in [7, 11) is 1.88. The van der Waals surface area contributed by atoms with Gasteiger partial charge in [0, 0.05) is 36.9 Å². The summed E-state index contributed by atoms with van der Waals surface area (Å²) < 4.78 is 1.76. The first-order chi connectivity index (χ1) is 13.6. The fraction of sp³-hybridized carbons (Fsp3) is 0.300. The van der Waals surface area contributed by atoms with Crippen molar-refractivity contribution in [2.45, 2.75) is 18.9 Å². The number of hydrogen-bond donors (Lipinski definition) is 1. The summed E-state index contributed by atoms with van der Waals surface area (Å²) in [4.78, 5) is 32.7. The third-order valence-electron chi connectivity index (χ3n) is 5.48. The van der Waals surface area contributed by atoms with Crippen molar-refractivity contribution in [1.29, 1.82) is 0 Å². The molecule has 4 heterocycles. The molecule has 3 aromatic rings. The SMILES string of the molecule is Cn1cc(-c2ccc3cnc(NC(=O)N4CN5CCCC5C4=O)cc3c2)cn1. The van der Waals surface area contributed by atoms with Gasteiger partial charge in [0.2, 0.25) is 5.91 Å². The molecular formula is C20H20N6O2. The van der Waals surface area contributed by atoms with Crippen molar-refractivity contribution in [3.63, 3.8) is 0 Å². The van der Waals surface area contributed by atoms with Crippen LogP contribution in [0.2, 0.25) is 0 Å². The molecule has 28 heavy (non-hydrogen) atoms. The maximum atomic E-state index is 12.6. The third kappa shape index (κ3) is 2.82. The van der Waals surface area contributed by atoms with Gasteiger partial charge in [-0.3, -0.25) is 19.7 Å². The Morgan fingerprint density at radius 1 is 1.18 bits per heavy atom. The molecule has 0 bridgehead atoms. The molecule has 0 saturated carbocycles. The van der Waals surface area contributed by atoms with Crippen molar-refractivity contribution in [2.24, 2.45) is 7.05 Å². The molecule has 1 aromatic carbocycles. The first-order valence-corrected chi connectivity index (χ1v) is 9.34. The van der Waals surface area contributed by atoms with E-state index in [1.54, 1.807) is 10.9 Å². The van der Waals surface area contributed by atoms with E-state index < -0.39 is 6.03 Å². The maximum Gasteiger partial charge on any atom is 0.330 e. The number of rotatable bonds is 2. The summed E-state index contributed by atoms with van der Waals surface area (Å²) in [5, 5.41) is 8.92. The largest absolute Gasteiger partial charge is 0.330 e. The van der Waals surface area contributed by atoms with Crippen molar-refractivity contribution in [1.82, 2.24) is 24.6 Å². The Morgan fingerprint density at radius 3 is 2.86 bits per heavy atom. The number of amides is 3. The molecule has 2 aliphatic heterocycles. The highest BCUT2D eigenvalue weighted by Crippen LogP contribution is 2.27. The molecule has 1 unspecified atom stereocenters. The molecule has 0 aliphatic carbocycles. The van der Waals surface area contributed by atoms with Gasteiger partial charge in [-0.25, -0.2) is 14.7 Å². The number of nitrogens with zero attached hydrogens (tertiary/aromatic N) is 5. The maximum absolute atomic E-state index is 12.6. The van der Waals surface area contributed by atoms with Crippen LogP contribution >= 0.6 is 0 Å². The third-order valence-corrected chi connectivity index (χ3v) is 5.48. The molecule has 0 radical (unpaired) electrons. The molecule has 1 N–H and O–H groups in total. The Balaban J connectivity index is 1.38. The predicted octanol–water partition coefficient (Wildman–Crippen LogP) is 2.43. The summed E-state index contributed by atoms with van der Waals surface area (Å²) in [6, 6.07) is 7.33. The quantitative estimate of drug-likeness (QED) is 0.743. The number of carbonyl (C=O) groups excluding carboxylic acids is 2. The standard InChI is InChI=1S/C20H20N6O2/c1-24-11-16(10-22-24)13-4-5-14-9-21-18(8-15(14)7-13)23-20(28)26-12-25-6-2-3-17(25)19(26)27/h4-5,7-11,17H,2-3,6,12H2,1H3,(H,21,23,28). The lowest BCUT2D eigenvalue weighted by Crippen LogP contribution is -2.38. The van der Waals surface area contributed by atoms with Crippen molar-refractivity contribution in [2.75, 3.05) is 18.5 Å². The molecule has 8 heteroatoms. The zero-order valence-electron chi connectivity index (χ0n) is 15.5. The van der Waals surface area contributed by atoms with Crippen LogP contribution in [-0.4, -0.2) is 55.8 Å². The van der Waals surface area contributed by atoms with E-state index in [1.165, 1.54) is 4.90 Å². The lowest BCUT2D eigenvalue weighted by molar-refractivity contribution is -0.126. The molecule has 3 amide bonds. The summed E-state index contributed by atoms with van der Waals surface area (Å²) in [6.07, 6.45) is 7.33. The summed E-state index contributed by atoms with van der Waals surface area (Å²) in [6.45, 7) is 1.22. The fourth-order valence-corrected chi connectivity index (χ4v) is 4.01. The smallest absolute Gasteiger partial charge is 0.292 e. The van der Waals surface area contributed by atoms with Crippen LogP contribution in [0.4, 0.5) is 10.6 Å². The number of pyridine rings is 1. The van der Waals surface area contributed by atoms with Crippen molar-refractivity contribution >= 4 is 28.5 Å². The lowest BCUT2D eigenvalue weighted by atomic mass is 10.1. The van der Waals surface area contributed by atoms with Crippen molar-refractivity contribution < 1.29 is 9.59 Å². The normalized spacial score (nSPS) is 19.4. The summed E-state index contributed by atoms with van der Waals surface area (Å²) in [5.41, 5.74) is 2.06. The highest BCUT2D eigenvalue weighted by atomic mass is 16.2. The van der Waals surface area contributed by atoms with Gasteiger partial charge in [-0.1, -0.05) is 12.1 Å². The topological polar surface area (TPSA) is 83.4 Å². The molecule has 5 rings (SSSR count). The van der Waals surface area contributed by atoms with Crippen molar-refractivity contribution in [3.05, 3.63) is 42.9 Å². The van der Waals surface area contributed by atoms with Gasteiger partial charge < -0.3 is 0 Å². The minimum atomic E-state index is -0.422. The van der Waals surface area contributed by atoms with Gasteiger partial charge in [-0.2, -0.15) is 5.10 Å². The highest BCUT2D eigenvalue weighted by Gasteiger charge is 2.43. The van der Waals surface area contributed by atoms with E-state index in [-0.39, 0.29) is 11.9 Å². The van der Waals surface area contributed by atoms with Gasteiger partial charge in [0.1, 0.15) is 5.82 Å². The van der Waals surface area contributed by atoms with Crippen LogP contribution < -0.4 is 5.32 Å². The number of hydrogen-bond acceptors (Lipinski definition) is 5. The number of aromatic nitrogens is 3. The highest BCUT2D eigenvalue weighted by molar-refractivity contribution is 6.04.